The Balaban J connectivity index is 1.98. The number of anilines is 2. The van der Waals surface area contributed by atoms with Crippen LogP contribution in [0.3, 0.4) is 0 Å². The Labute approximate surface area is 121 Å². The van der Waals surface area contributed by atoms with Gasteiger partial charge in [-0.2, -0.15) is 0 Å². The van der Waals surface area contributed by atoms with Crippen LogP contribution in [0.4, 0.5) is 15.8 Å². The molecule has 104 valence electrons. The average molecular weight is 293 g/mol. The highest BCUT2D eigenvalue weighted by molar-refractivity contribution is 6.30. The number of carbonyl (C=O) groups excluding carboxylic acids is 1. The molecule has 2 rings (SSSR count). The van der Waals surface area contributed by atoms with Gasteiger partial charge in [0.1, 0.15) is 5.82 Å². The van der Waals surface area contributed by atoms with Crippen molar-refractivity contribution in [2.75, 3.05) is 10.6 Å². The second-order valence-corrected chi connectivity index (χ2v) is 4.83. The predicted molar refractivity (Wildman–Crippen MR) is 79.5 cm³/mol. The largest absolute Gasteiger partial charge is 0.381 e. The zero-order chi connectivity index (χ0) is 14.5. The minimum Gasteiger partial charge on any atom is -0.381 e. The van der Waals surface area contributed by atoms with Gasteiger partial charge in [0.15, 0.2) is 0 Å². The number of nitrogens with one attached hydrogen (secondary N) is 2. The standard InChI is InChI=1S/C15H14ClFN2O/c1-10(20)19-15-4-2-14(3-5-15)18-9-11-6-12(16)8-13(17)7-11/h2-8,18H,9H2,1H3,(H,19,20). The molecular formula is C15H14ClFN2O. The minimum atomic E-state index is -0.352. The van der Waals surface area contributed by atoms with Crippen molar-refractivity contribution in [3.63, 3.8) is 0 Å². The summed E-state index contributed by atoms with van der Waals surface area (Å²) in [5.74, 6) is -0.463. The van der Waals surface area contributed by atoms with Crippen molar-refractivity contribution in [2.24, 2.45) is 0 Å². The molecule has 0 heterocycles. The Hall–Kier alpha value is -2.07. The highest BCUT2D eigenvalue weighted by Crippen LogP contribution is 2.17. The van der Waals surface area contributed by atoms with Crippen LogP contribution in [-0.4, -0.2) is 5.91 Å². The first kappa shape index (κ1) is 14.3. The number of hydrogen-bond donors (Lipinski definition) is 2. The second kappa shape index (κ2) is 6.39. The zero-order valence-electron chi connectivity index (χ0n) is 10.9. The van der Waals surface area contributed by atoms with Gasteiger partial charge in [0.2, 0.25) is 5.91 Å². The molecule has 2 aromatic rings. The maximum atomic E-state index is 13.2. The van der Waals surface area contributed by atoms with Crippen LogP contribution in [0.5, 0.6) is 0 Å². The highest BCUT2D eigenvalue weighted by atomic mass is 35.5. The fourth-order valence-corrected chi connectivity index (χ4v) is 2.04. The SMILES string of the molecule is CC(=O)Nc1ccc(NCc2cc(F)cc(Cl)c2)cc1. The Morgan fingerprint density at radius 2 is 1.80 bits per heavy atom. The van der Waals surface area contributed by atoms with E-state index < -0.39 is 0 Å². The summed E-state index contributed by atoms with van der Waals surface area (Å²) in [5.41, 5.74) is 2.37. The minimum absolute atomic E-state index is 0.111. The molecule has 0 saturated carbocycles. The molecule has 0 aromatic heterocycles. The maximum absolute atomic E-state index is 13.2. The van der Waals surface area contributed by atoms with E-state index in [1.165, 1.54) is 19.1 Å². The summed E-state index contributed by atoms with van der Waals surface area (Å²) in [6, 6.07) is 11.7. The van der Waals surface area contributed by atoms with E-state index in [9.17, 15) is 9.18 Å². The number of hydrogen-bond acceptors (Lipinski definition) is 2. The van der Waals surface area contributed by atoms with Crippen molar-refractivity contribution < 1.29 is 9.18 Å². The van der Waals surface area contributed by atoms with Crippen molar-refractivity contribution >= 4 is 28.9 Å². The van der Waals surface area contributed by atoms with E-state index in [1.54, 1.807) is 18.2 Å². The smallest absolute Gasteiger partial charge is 0.221 e. The first-order chi connectivity index (χ1) is 9.52. The molecule has 0 aliphatic carbocycles. The van der Waals surface area contributed by atoms with E-state index in [2.05, 4.69) is 10.6 Å². The third kappa shape index (κ3) is 4.24. The molecule has 0 unspecified atom stereocenters. The number of halogens is 2. The Kier molecular flexibility index (Phi) is 4.58. The summed E-state index contributed by atoms with van der Waals surface area (Å²) in [7, 11) is 0. The molecule has 5 heteroatoms. The van der Waals surface area contributed by atoms with Crippen molar-refractivity contribution in [1.29, 1.82) is 0 Å². The van der Waals surface area contributed by atoms with Crippen LogP contribution < -0.4 is 10.6 Å². The molecular weight excluding hydrogens is 279 g/mol. The van der Waals surface area contributed by atoms with Gasteiger partial charge in [0.25, 0.3) is 0 Å². The first-order valence-corrected chi connectivity index (χ1v) is 6.47. The van der Waals surface area contributed by atoms with Crippen molar-refractivity contribution in [2.45, 2.75) is 13.5 Å². The van der Waals surface area contributed by atoms with Gasteiger partial charge < -0.3 is 10.6 Å². The van der Waals surface area contributed by atoms with Crippen molar-refractivity contribution in [1.82, 2.24) is 0 Å². The predicted octanol–water partition coefficient (Wildman–Crippen LogP) is 4.05. The van der Waals surface area contributed by atoms with Gasteiger partial charge in [-0.25, -0.2) is 4.39 Å². The molecule has 0 bridgehead atoms. The fourth-order valence-electron chi connectivity index (χ4n) is 1.79. The van der Waals surface area contributed by atoms with Crippen LogP contribution in [0.25, 0.3) is 0 Å². The summed E-state index contributed by atoms with van der Waals surface area (Å²) in [4.78, 5) is 10.9. The lowest BCUT2D eigenvalue weighted by Crippen LogP contribution is -2.05. The van der Waals surface area contributed by atoms with Gasteiger partial charge in [0, 0.05) is 29.9 Å². The van der Waals surface area contributed by atoms with E-state index in [4.69, 9.17) is 11.6 Å². The molecule has 0 aliphatic heterocycles. The summed E-state index contributed by atoms with van der Waals surface area (Å²) < 4.78 is 13.2. The molecule has 0 aliphatic rings. The van der Waals surface area contributed by atoms with Crippen LogP contribution in [0.1, 0.15) is 12.5 Å². The van der Waals surface area contributed by atoms with E-state index in [0.29, 0.717) is 11.6 Å². The van der Waals surface area contributed by atoms with Gasteiger partial charge in [0.05, 0.1) is 0 Å². The Morgan fingerprint density at radius 1 is 1.15 bits per heavy atom. The van der Waals surface area contributed by atoms with Crippen molar-refractivity contribution in [3.8, 4) is 0 Å². The lowest BCUT2D eigenvalue weighted by molar-refractivity contribution is -0.114. The van der Waals surface area contributed by atoms with Gasteiger partial charge in [-0.05, 0) is 48.0 Å². The summed E-state index contributed by atoms with van der Waals surface area (Å²) in [5, 5.41) is 6.22. The van der Waals surface area contributed by atoms with Gasteiger partial charge >= 0.3 is 0 Å². The summed E-state index contributed by atoms with van der Waals surface area (Å²) in [6.07, 6.45) is 0. The monoisotopic (exact) mass is 292 g/mol. The molecule has 1 amide bonds. The van der Waals surface area contributed by atoms with E-state index in [-0.39, 0.29) is 11.7 Å². The molecule has 0 atom stereocenters. The van der Waals surface area contributed by atoms with Crippen LogP contribution >= 0.6 is 11.6 Å². The number of benzene rings is 2. The van der Waals surface area contributed by atoms with E-state index in [0.717, 1.165) is 16.9 Å². The lowest BCUT2D eigenvalue weighted by atomic mass is 10.2. The zero-order valence-corrected chi connectivity index (χ0v) is 11.7. The quantitative estimate of drug-likeness (QED) is 0.892. The maximum Gasteiger partial charge on any atom is 0.221 e. The van der Waals surface area contributed by atoms with Gasteiger partial charge in [-0.1, -0.05) is 11.6 Å². The van der Waals surface area contributed by atoms with E-state index in [1.807, 2.05) is 12.1 Å². The summed E-state index contributed by atoms with van der Waals surface area (Å²) >= 11 is 5.79. The van der Waals surface area contributed by atoms with Crippen LogP contribution in [-0.2, 0) is 11.3 Å². The van der Waals surface area contributed by atoms with Crippen LogP contribution in [0.2, 0.25) is 5.02 Å². The first-order valence-electron chi connectivity index (χ1n) is 6.09. The normalized spacial score (nSPS) is 10.2. The number of carbonyl (C=O) groups is 1. The fraction of sp³-hybridized carbons (Fsp3) is 0.133. The molecule has 3 nitrogen and oxygen atoms in total. The molecule has 0 fully saturated rings. The molecule has 0 radical (unpaired) electrons. The molecule has 2 N–H and O–H groups in total. The third-order valence-corrected chi connectivity index (χ3v) is 2.84. The van der Waals surface area contributed by atoms with E-state index >= 15 is 0 Å². The highest BCUT2D eigenvalue weighted by Gasteiger charge is 2.00. The van der Waals surface area contributed by atoms with Gasteiger partial charge in [-0.3, -0.25) is 4.79 Å². The average Bonchev–Trinajstić information content (AvgIpc) is 2.36. The molecule has 20 heavy (non-hydrogen) atoms. The number of rotatable bonds is 4. The molecule has 0 spiro atoms. The van der Waals surface area contributed by atoms with Gasteiger partial charge in [-0.15, -0.1) is 0 Å². The topological polar surface area (TPSA) is 41.1 Å². The Bertz CT molecular complexity index is 594. The lowest BCUT2D eigenvalue weighted by Gasteiger charge is -2.08. The van der Waals surface area contributed by atoms with Crippen LogP contribution in [0.15, 0.2) is 42.5 Å². The third-order valence-electron chi connectivity index (χ3n) is 2.62. The second-order valence-electron chi connectivity index (χ2n) is 4.39. The molecule has 0 saturated heterocycles. The van der Waals surface area contributed by atoms with Crippen LogP contribution in [0, 0.1) is 5.82 Å². The molecule has 2 aromatic carbocycles. The van der Waals surface area contributed by atoms with Crippen molar-refractivity contribution in [3.05, 3.63) is 58.9 Å². The summed E-state index contributed by atoms with van der Waals surface area (Å²) in [6.45, 7) is 1.93. The Morgan fingerprint density at radius 3 is 2.40 bits per heavy atom. The number of amides is 1.